The van der Waals surface area contributed by atoms with Gasteiger partial charge in [-0.1, -0.05) is 24.3 Å². The fraction of sp³-hybridized carbons (Fsp3) is 0.474. The van der Waals surface area contributed by atoms with E-state index in [1.807, 2.05) is 31.2 Å². The van der Waals surface area contributed by atoms with Crippen molar-refractivity contribution in [2.45, 2.75) is 19.8 Å². The van der Waals surface area contributed by atoms with E-state index in [1.54, 1.807) is 12.1 Å². The van der Waals surface area contributed by atoms with Gasteiger partial charge in [-0.15, -0.1) is 0 Å². The van der Waals surface area contributed by atoms with Crippen molar-refractivity contribution >= 4 is 24.6 Å². The van der Waals surface area contributed by atoms with Crippen molar-refractivity contribution in [1.29, 1.82) is 0 Å². The molecule has 2 atom stereocenters. The molecule has 2 aliphatic heterocycles. The predicted octanol–water partition coefficient (Wildman–Crippen LogP) is 1.57. The highest BCUT2D eigenvalue weighted by Gasteiger charge is 2.58. The van der Waals surface area contributed by atoms with Crippen LogP contribution in [-0.2, 0) is 18.9 Å². The standard InChI is InChI=1S/C19H23BN2O4/c1-19-8-7-14(20-25-11-9-21-10-12-26-20)13-16(19)17(23)22(18(19)24)15-5-3-2-4-6-15/h2-7,16,21H,8-13H2,1H3. The third-order valence-electron chi connectivity index (χ3n) is 5.62. The molecule has 4 rings (SSSR count). The van der Waals surface area contributed by atoms with Crippen LogP contribution in [-0.4, -0.2) is 45.2 Å². The predicted molar refractivity (Wildman–Crippen MR) is 98.4 cm³/mol. The lowest BCUT2D eigenvalue weighted by molar-refractivity contribution is -0.126. The zero-order chi connectivity index (χ0) is 18.1. The maximum Gasteiger partial charge on any atom is 0.489 e. The van der Waals surface area contributed by atoms with Gasteiger partial charge in [0.15, 0.2) is 0 Å². The van der Waals surface area contributed by atoms with Gasteiger partial charge < -0.3 is 14.6 Å². The molecule has 1 N–H and O–H groups in total. The van der Waals surface area contributed by atoms with Gasteiger partial charge in [-0.3, -0.25) is 9.59 Å². The molecule has 6 nitrogen and oxygen atoms in total. The Morgan fingerprint density at radius 3 is 2.54 bits per heavy atom. The number of anilines is 1. The molecule has 136 valence electrons. The fourth-order valence-corrected chi connectivity index (χ4v) is 4.01. The molecule has 0 radical (unpaired) electrons. The molecular formula is C19H23BN2O4. The molecule has 1 aromatic rings. The number of para-hydroxylation sites is 1. The normalized spacial score (nSPS) is 29.9. The minimum atomic E-state index is -0.695. The minimum Gasteiger partial charge on any atom is -0.406 e. The molecule has 2 heterocycles. The summed E-state index contributed by atoms with van der Waals surface area (Å²) in [7, 11) is -0.421. The van der Waals surface area contributed by atoms with E-state index < -0.39 is 12.5 Å². The van der Waals surface area contributed by atoms with Crippen LogP contribution in [0.1, 0.15) is 19.8 Å². The van der Waals surface area contributed by atoms with Crippen molar-refractivity contribution in [3.63, 3.8) is 0 Å². The summed E-state index contributed by atoms with van der Waals surface area (Å²) in [5.74, 6) is -0.606. The van der Waals surface area contributed by atoms with E-state index in [1.165, 1.54) is 4.90 Å². The number of amides is 2. The maximum atomic E-state index is 13.1. The average Bonchev–Trinajstić information content (AvgIpc) is 2.82. The van der Waals surface area contributed by atoms with Crippen molar-refractivity contribution < 1.29 is 18.9 Å². The molecule has 2 unspecified atom stereocenters. The van der Waals surface area contributed by atoms with Crippen LogP contribution in [0.5, 0.6) is 0 Å². The van der Waals surface area contributed by atoms with Crippen LogP contribution >= 0.6 is 0 Å². The van der Waals surface area contributed by atoms with Gasteiger partial charge in [0.1, 0.15) is 0 Å². The molecular weight excluding hydrogens is 331 g/mol. The molecule has 26 heavy (non-hydrogen) atoms. The summed E-state index contributed by atoms with van der Waals surface area (Å²) in [4.78, 5) is 27.5. The number of hydrogen-bond acceptors (Lipinski definition) is 5. The third-order valence-corrected chi connectivity index (χ3v) is 5.62. The summed E-state index contributed by atoms with van der Waals surface area (Å²) in [5.41, 5.74) is 0.925. The zero-order valence-corrected chi connectivity index (χ0v) is 14.9. The Bertz CT molecular complexity index is 730. The van der Waals surface area contributed by atoms with Gasteiger partial charge in [0.2, 0.25) is 11.8 Å². The first-order valence-corrected chi connectivity index (χ1v) is 9.17. The molecule has 2 amide bonds. The van der Waals surface area contributed by atoms with Gasteiger partial charge >= 0.3 is 7.12 Å². The first-order valence-electron chi connectivity index (χ1n) is 9.17. The Morgan fingerprint density at radius 2 is 1.85 bits per heavy atom. The molecule has 0 spiro atoms. The summed E-state index contributed by atoms with van der Waals surface area (Å²) in [6.07, 6.45) is 3.07. The second-order valence-electron chi connectivity index (χ2n) is 7.30. The molecule has 1 aromatic carbocycles. The Morgan fingerprint density at radius 1 is 1.15 bits per heavy atom. The topological polar surface area (TPSA) is 67.9 Å². The van der Waals surface area contributed by atoms with E-state index in [0.29, 0.717) is 31.7 Å². The molecule has 0 aromatic heterocycles. The van der Waals surface area contributed by atoms with E-state index in [-0.39, 0.29) is 17.7 Å². The van der Waals surface area contributed by atoms with Crippen LogP contribution in [0, 0.1) is 11.3 Å². The van der Waals surface area contributed by atoms with Gasteiger partial charge in [-0.05, 0) is 37.4 Å². The Balaban J connectivity index is 1.58. The number of rotatable bonds is 2. The van der Waals surface area contributed by atoms with E-state index in [4.69, 9.17) is 9.31 Å². The van der Waals surface area contributed by atoms with Gasteiger partial charge in [-0.25, -0.2) is 4.90 Å². The molecule has 7 heteroatoms. The second-order valence-corrected chi connectivity index (χ2v) is 7.30. The first kappa shape index (κ1) is 17.5. The minimum absolute atomic E-state index is 0.113. The number of nitrogens with zero attached hydrogens (tertiary/aromatic N) is 1. The number of fused-ring (bicyclic) bond motifs is 1. The number of allylic oxidation sites excluding steroid dienone is 2. The summed E-state index contributed by atoms with van der Waals surface area (Å²) in [6, 6.07) is 9.17. The maximum absolute atomic E-state index is 13.1. The SMILES string of the molecule is CC12CC=C(B3OCCNCCO3)CC1C(=O)N(c1ccccc1)C2=O. The van der Waals surface area contributed by atoms with Gasteiger partial charge in [0.05, 0.1) is 17.0 Å². The van der Waals surface area contributed by atoms with Crippen molar-refractivity contribution in [3.05, 3.63) is 41.9 Å². The van der Waals surface area contributed by atoms with Crippen molar-refractivity contribution in [2.24, 2.45) is 11.3 Å². The Hall–Kier alpha value is -1.96. The van der Waals surface area contributed by atoms with Crippen LogP contribution in [0.2, 0.25) is 0 Å². The zero-order valence-electron chi connectivity index (χ0n) is 14.9. The van der Waals surface area contributed by atoms with Crippen molar-refractivity contribution in [2.75, 3.05) is 31.2 Å². The molecule has 2 saturated heterocycles. The smallest absolute Gasteiger partial charge is 0.406 e. The van der Waals surface area contributed by atoms with E-state index in [9.17, 15) is 9.59 Å². The number of nitrogens with one attached hydrogen (secondary N) is 1. The Labute approximate surface area is 153 Å². The molecule has 2 fully saturated rings. The summed E-state index contributed by atoms with van der Waals surface area (Å²) < 4.78 is 11.6. The van der Waals surface area contributed by atoms with Crippen molar-refractivity contribution in [3.8, 4) is 0 Å². The monoisotopic (exact) mass is 354 g/mol. The lowest BCUT2D eigenvalue weighted by atomic mass is 9.62. The molecule has 0 saturated carbocycles. The highest BCUT2D eigenvalue weighted by Crippen LogP contribution is 2.49. The third kappa shape index (κ3) is 2.90. The number of imide groups is 1. The lowest BCUT2D eigenvalue weighted by Gasteiger charge is -2.32. The summed E-state index contributed by atoms with van der Waals surface area (Å²) in [5, 5.41) is 3.22. The fourth-order valence-electron chi connectivity index (χ4n) is 4.01. The molecule has 1 aliphatic carbocycles. The van der Waals surface area contributed by atoms with Gasteiger partial charge in [0, 0.05) is 26.3 Å². The number of carbonyl (C=O) groups is 2. The molecule has 0 bridgehead atoms. The summed E-state index contributed by atoms with van der Waals surface area (Å²) in [6.45, 7) is 4.60. The highest BCUT2D eigenvalue weighted by atomic mass is 16.6. The second kappa shape index (κ2) is 6.98. The van der Waals surface area contributed by atoms with E-state index in [0.717, 1.165) is 18.6 Å². The molecule has 3 aliphatic rings. The lowest BCUT2D eigenvalue weighted by Crippen LogP contribution is -2.41. The first-order chi connectivity index (χ1) is 12.6. The van der Waals surface area contributed by atoms with Gasteiger partial charge in [-0.2, -0.15) is 0 Å². The van der Waals surface area contributed by atoms with E-state index in [2.05, 4.69) is 5.32 Å². The number of hydrogen-bond donors (Lipinski definition) is 1. The van der Waals surface area contributed by atoms with Crippen LogP contribution in [0.3, 0.4) is 0 Å². The number of benzene rings is 1. The van der Waals surface area contributed by atoms with Gasteiger partial charge in [0.25, 0.3) is 0 Å². The largest absolute Gasteiger partial charge is 0.489 e. The Kier molecular flexibility index (Phi) is 4.69. The average molecular weight is 354 g/mol. The van der Waals surface area contributed by atoms with Crippen molar-refractivity contribution in [1.82, 2.24) is 5.32 Å². The highest BCUT2D eigenvalue weighted by molar-refractivity contribution is 6.54. The number of carbonyl (C=O) groups excluding carboxylic acids is 2. The van der Waals surface area contributed by atoms with Crippen LogP contribution < -0.4 is 10.2 Å². The quantitative estimate of drug-likeness (QED) is 0.645. The van der Waals surface area contributed by atoms with Crippen LogP contribution in [0.4, 0.5) is 5.69 Å². The van der Waals surface area contributed by atoms with Crippen LogP contribution in [0.15, 0.2) is 41.9 Å². The van der Waals surface area contributed by atoms with Crippen LogP contribution in [0.25, 0.3) is 0 Å². The summed E-state index contributed by atoms with van der Waals surface area (Å²) >= 11 is 0. The van der Waals surface area contributed by atoms with E-state index >= 15 is 0 Å².